The van der Waals surface area contributed by atoms with Gasteiger partial charge in [0.15, 0.2) is 0 Å². The molecule has 6 heteroatoms. The number of amides is 2. The zero-order valence-corrected chi connectivity index (χ0v) is 12.6. The van der Waals surface area contributed by atoms with E-state index < -0.39 is 0 Å². The summed E-state index contributed by atoms with van der Waals surface area (Å²) in [6.45, 7) is 4.39. The van der Waals surface area contributed by atoms with E-state index in [1.807, 2.05) is 13.8 Å². The molecule has 2 amide bonds. The van der Waals surface area contributed by atoms with Crippen molar-refractivity contribution in [1.82, 2.24) is 15.2 Å². The Morgan fingerprint density at radius 1 is 1.45 bits per heavy atom. The summed E-state index contributed by atoms with van der Waals surface area (Å²) in [7, 11) is 0. The molecular weight excluding hydrogens is 274 g/mol. The number of aryl methyl sites for hydroxylation is 1. The summed E-state index contributed by atoms with van der Waals surface area (Å²) in [6, 6.07) is -0.655. The van der Waals surface area contributed by atoms with Crippen LogP contribution < -0.4 is 5.32 Å². The molecule has 5 nitrogen and oxygen atoms in total. The molecule has 1 aromatic heterocycles. The van der Waals surface area contributed by atoms with Crippen LogP contribution in [0, 0.1) is 12.8 Å². The average Bonchev–Trinajstić information content (AvgIpc) is 3.18. The molecule has 0 spiro atoms. The number of carbonyl (C=O) groups is 2. The van der Waals surface area contributed by atoms with Gasteiger partial charge >= 0.3 is 0 Å². The number of aromatic nitrogens is 1. The second-order valence-corrected chi connectivity index (χ2v) is 6.51. The fourth-order valence-electron chi connectivity index (χ4n) is 2.76. The van der Waals surface area contributed by atoms with Crippen molar-refractivity contribution in [3.63, 3.8) is 0 Å². The number of thiazole rings is 1. The lowest BCUT2D eigenvalue weighted by Gasteiger charge is -2.38. The molecule has 1 N–H and O–H groups in total. The molecule has 1 aliphatic carbocycles. The Kier molecular flexibility index (Phi) is 3.50. The van der Waals surface area contributed by atoms with Gasteiger partial charge in [0.1, 0.15) is 12.1 Å². The van der Waals surface area contributed by atoms with Crippen LogP contribution >= 0.6 is 11.3 Å². The van der Waals surface area contributed by atoms with Crippen molar-refractivity contribution in [3.05, 3.63) is 16.1 Å². The maximum atomic E-state index is 12.7. The first kappa shape index (κ1) is 13.5. The van der Waals surface area contributed by atoms with Crippen molar-refractivity contribution < 1.29 is 9.59 Å². The van der Waals surface area contributed by atoms with Crippen molar-refractivity contribution in [2.24, 2.45) is 5.92 Å². The summed E-state index contributed by atoms with van der Waals surface area (Å²) in [5, 5.41) is 2.91. The van der Waals surface area contributed by atoms with Crippen LogP contribution in [-0.4, -0.2) is 33.8 Å². The highest BCUT2D eigenvalue weighted by atomic mass is 32.1. The van der Waals surface area contributed by atoms with Gasteiger partial charge in [-0.15, -0.1) is 11.3 Å². The quantitative estimate of drug-likeness (QED) is 0.914. The van der Waals surface area contributed by atoms with Gasteiger partial charge in [-0.25, -0.2) is 4.98 Å². The molecule has 108 valence electrons. The number of nitrogens with zero attached hydrogens (tertiary/aromatic N) is 2. The first-order valence-corrected chi connectivity index (χ1v) is 7.99. The molecule has 2 fully saturated rings. The number of hydrogen-bond acceptors (Lipinski definition) is 4. The smallest absolute Gasteiger partial charge is 0.246 e. The van der Waals surface area contributed by atoms with E-state index in [1.165, 1.54) is 0 Å². The summed E-state index contributed by atoms with van der Waals surface area (Å²) in [5.74, 6) is 0.409. The number of nitrogens with one attached hydrogen (secondary N) is 1. The topological polar surface area (TPSA) is 62.3 Å². The predicted octanol–water partition coefficient (Wildman–Crippen LogP) is 1.47. The predicted molar refractivity (Wildman–Crippen MR) is 76.1 cm³/mol. The Balaban J connectivity index is 1.84. The molecular formula is C14H19N3O2S. The maximum absolute atomic E-state index is 12.7. The number of rotatable bonds is 4. The van der Waals surface area contributed by atoms with E-state index in [1.54, 1.807) is 21.7 Å². The Morgan fingerprint density at radius 3 is 2.75 bits per heavy atom. The summed E-state index contributed by atoms with van der Waals surface area (Å²) in [6.07, 6.45) is 2.73. The lowest BCUT2D eigenvalue weighted by Crippen LogP contribution is -2.63. The number of carbonyl (C=O) groups excluding carboxylic acids is 2. The van der Waals surface area contributed by atoms with E-state index in [-0.39, 0.29) is 23.9 Å². The van der Waals surface area contributed by atoms with Gasteiger partial charge in [0.25, 0.3) is 0 Å². The van der Waals surface area contributed by atoms with Crippen LogP contribution in [0.3, 0.4) is 0 Å². The molecule has 20 heavy (non-hydrogen) atoms. The summed E-state index contributed by atoms with van der Waals surface area (Å²) < 4.78 is 0. The van der Waals surface area contributed by atoms with Crippen LogP contribution in [-0.2, 0) is 16.1 Å². The second-order valence-electron chi connectivity index (χ2n) is 5.57. The average molecular weight is 293 g/mol. The molecule has 3 rings (SSSR count). The number of hydrogen-bond donors (Lipinski definition) is 1. The fourth-order valence-corrected chi connectivity index (χ4v) is 3.54. The van der Waals surface area contributed by atoms with Crippen molar-refractivity contribution in [3.8, 4) is 0 Å². The van der Waals surface area contributed by atoms with Crippen LogP contribution in [0.4, 0.5) is 0 Å². The summed E-state index contributed by atoms with van der Waals surface area (Å²) in [5.41, 5.74) is 2.74. The zero-order chi connectivity index (χ0) is 14.3. The summed E-state index contributed by atoms with van der Waals surface area (Å²) >= 11 is 1.55. The van der Waals surface area contributed by atoms with Crippen LogP contribution in [0.5, 0.6) is 0 Å². The fraction of sp³-hybridized carbons (Fsp3) is 0.643. The Bertz CT molecular complexity index is 538. The van der Waals surface area contributed by atoms with Crippen LogP contribution in [0.2, 0.25) is 0 Å². The van der Waals surface area contributed by atoms with E-state index in [0.717, 1.165) is 23.4 Å². The van der Waals surface area contributed by atoms with Crippen LogP contribution in [0.15, 0.2) is 5.51 Å². The summed E-state index contributed by atoms with van der Waals surface area (Å²) in [4.78, 5) is 31.9. The van der Waals surface area contributed by atoms with Crippen LogP contribution in [0.1, 0.15) is 36.8 Å². The molecule has 2 unspecified atom stereocenters. The lowest BCUT2D eigenvalue weighted by molar-refractivity contribution is -0.150. The van der Waals surface area contributed by atoms with E-state index in [0.29, 0.717) is 18.9 Å². The molecule has 1 saturated heterocycles. The van der Waals surface area contributed by atoms with Gasteiger partial charge < -0.3 is 10.2 Å². The molecule has 2 aliphatic rings. The number of piperazine rings is 1. The van der Waals surface area contributed by atoms with Gasteiger partial charge in [0.05, 0.1) is 17.7 Å². The van der Waals surface area contributed by atoms with Gasteiger partial charge in [0.2, 0.25) is 11.8 Å². The first-order chi connectivity index (χ1) is 9.61. The van der Waals surface area contributed by atoms with Gasteiger partial charge in [-0.3, -0.25) is 9.59 Å². The zero-order valence-electron chi connectivity index (χ0n) is 11.8. The monoisotopic (exact) mass is 293 g/mol. The molecule has 1 saturated carbocycles. The molecule has 2 atom stereocenters. The van der Waals surface area contributed by atoms with E-state index in [2.05, 4.69) is 10.3 Å². The minimum atomic E-state index is -0.348. The van der Waals surface area contributed by atoms with Crippen LogP contribution in [0.25, 0.3) is 0 Å². The lowest BCUT2D eigenvalue weighted by atomic mass is 10.0. The van der Waals surface area contributed by atoms with Crippen molar-refractivity contribution >= 4 is 23.2 Å². The molecule has 0 bridgehead atoms. The highest BCUT2D eigenvalue weighted by Crippen LogP contribution is 2.35. The standard InChI is InChI=1S/C14H19N3O2S/c1-3-10-13(18)16-12(9-4-5-9)14(19)17(10)6-11-8(2)15-7-20-11/h7,9-10,12H,3-6H2,1-2H3,(H,16,18). The maximum Gasteiger partial charge on any atom is 0.246 e. The molecule has 0 radical (unpaired) electrons. The normalized spacial score (nSPS) is 26.8. The van der Waals surface area contributed by atoms with Crippen molar-refractivity contribution in [2.45, 2.75) is 51.7 Å². The molecule has 1 aliphatic heterocycles. The highest BCUT2D eigenvalue weighted by molar-refractivity contribution is 7.09. The van der Waals surface area contributed by atoms with Gasteiger partial charge in [0, 0.05) is 4.88 Å². The highest BCUT2D eigenvalue weighted by Gasteiger charge is 2.46. The Labute approximate surface area is 122 Å². The van der Waals surface area contributed by atoms with Gasteiger partial charge in [-0.1, -0.05) is 6.92 Å². The van der Waals surface area contributed by atoms with Gasteiger partial charge in [-0.2, -0.15) is 0 Å². The minimum absolute atomic E-state index is 0.00818. The molecule has 0 aromatic carbocycles. The van der Waals surface area contributed by atoms with Gasteiger partial charge in [-0.05, 0) is 32.1 Å². The third-order valence-electron chi connectivity index (χ3n) is 4.16. The SMILES string of the molecule is CCC1C(=O)NC(C2CC2)C(=O)N1Cc1scnc1C. The van der Waals surface area contributed by atoms with E-state index in [9.17, 15) is 9.59 Å². The van der Waals surface area contributed by atoms with E-state index >= 15 is 0 Å². The first-order valence-electron chi connectivity index (χ1n) is 7.11. The third kappa shape index (κ3) is 2.32. The van der Waals surface area contributed by atoms with Crippen molar-refractivity contribution in [2.75, 3.05) is 0 Å². The van der Waals surface area contributed by atoms with E-state index in [4.69, 9.17) is 0 Å². The second kappa shape index (κ2) is 5.16. The third-order valence-corrected chi connectivity index (χ3v) is 5.08. The Morgan fingerprint density at radius 2 is 2.20 bits per heavy atom. The molecule has 2 heterocycles. The largest absolute Gasteiger partial charge is 0.342 e. The minimum Gasteiger partial charge on any atom is -0.342 e. The van der Waals surface area contributed by atoms with Crippen molar-refractivity contribution in [1.29, 1.82) is 0 Å². The Hall–Kier alpha value is -1.43. The molecule has 1 aromatic rings.